The SMILES string of the molecule is COC(=O)C12N=NC(C(=O)OC)(C3C4CCC(C4)C31)C1C3CCC(C3)C12. The number of esters is 2. The first kappa shape index (κ1) is 15.6. The highest BCUT2D eigenvalue weighted by molar-refractivity contribution is 5.88. The van der Waals surface area contributed by atoms with Crippen molar-refractivity contribution in [2.75, 3.05) is 14.2 Å². The number of carbonyl (C=O) groups is 2. The van der Waals surface area contributed by atoms with Crippen molar-refractivity contribution in [1.82, 2.24) is 0 Å². The molecule has 0 aromatic carbocycles. The third-order valence-electron chi connectivity index (χ3n) is 9.27. The number of methoxy groups -OCH3 is 2. The van der Waals surface area contributed by atoms with Crippen molar-refractivity contribution in [3.8, 4) is 0 Å². The fourth-order valence-electron chi connectivity index (χ4n) is 8.94. The van der Waals surface area contributed by atoms with E-state index in [4.69, 9.17) is 19.7 Å². The first-order chi connectivity index (χ1) is 12.6. The Hall–Kier alpha value is -1.46. The number of azo groups is 1. The highest BCUT2D eigenvalue weighted by atomic mass is 16.5. The van der Waals surface area contributed by atoms with E-state index < -0.39 is 11.1 Å². The molecule has 8 atom stereocenters. The highest BCUT2D eigenvalue weighted by Gasteiger charge is 2.83. The molecule has 0 aromatic rings. The van der Waals surface area contributed by atoms with Crippen LogP contribution in [0.5, 0.6) is 0 Å². The van der Waals surface area contributed by atoms with Crippen LogP contribution in [0, 0.1) is 47.3 Å². The number of carbonyl (C=O) groups excluding carboxylic acids is 2. The normalized spacial score (nSPS) is 57.2. The maximum atomic E-state index is 13.2. The van der Waals surface area contributed by atoms with Crippen molar-refractivity contribution in [3.05, 3.63) is 0 Å². The van der Waals surface area contributed by atoms with Crippen LogP contribution in [0.4, 0.5) is 0 Å². The van der Waals surface area contributed by atoms with Crippen LogP contribution in [0.3, 0.4) is 0 Å². The molecule has 5 fully saturated rings. The van der Waals surface area contributed by atoms with Gasteiger partial charge in [0, 0.05) is 23.7 Å². The Morgan fingerprint density at radius 1 is 0.692 bits per heavy atom. The number of hydrogen-bond acceptors (Lipinski definition) is 6. The zero-order valence-electron chi connectivity index (χ0n) is 15.4. The van der Waals surface area contributed by atoms with Gasteiger partial charge in [-0.25, -0.2) is 9.59 Å². The Balaban J connectivity index is 1.64. The lowest BCUT2D eigenvalue weighted by Crippen LogP contribution is -2.74. The zero-order valence-corrected chi connectivity index (χ0v) is 15.4. The first-order valence-corrected chi connectivity index (χ1v) is 10.2. The van der Waals surface area contributed by atoms with Crippen LogP contribution >= 0.6 is 0 Å². The summed E-state index contributed by atoms with van der Waals surface area (Å²) >= 11 is 0. The van der Waals surface area contributed by atoms with Crippen molar-refractivity contribution in [2.45, 2.75) is 49.6 Å². The third kappa shape index (κ3) is 1.36. The summed E-state index contributed by atoms with van der Waals surface area (Å²) in [7, 11) is 2.96. The van der Waals surface area contributed by atoms with Gasteiger partial charge < -0.3 is 9.47 Å². The Morgan fingerprint density at radius 3 is 1.27 bits per heavy atom. The second-order valence-electron chi connectivity index (χ2n) is 9.60. The zero-order chi connectivity index (χ0) is 17.8. The van der Waals surface area contributed by atoms with E-state index in [9.17, 15) is 9.59 Å². The maximum absolute atomic E-state index is 13.2. The minimum absolute atomic E-state index is 0.103. The molecule has 0 spiro atoms. The number of nitrogens with zero attached hydrogens (tertiary/aromatic N) is 2. The highest BCUT2D eigenvalue weighted by Crippen LogP contribution is 2.76. The van der Waals surface area contributed by atoms with Gasteiger partial charge in [-0.05, 0) is 62.2 Å². The fraction of sp³-hybridized carbons (Fsp3) is 0.900. The average Bonchev–Trinajstić information content (AvgIpc) is 3.47. The summed E-state index contributed by atoms with van der Waals surface area (Å²) in [6.45, 7) is 0. The van der Waals surface area contributed by atoms with Crippen molar-refractivity contribution in [3.63, 3.8) is 0 Å². The molecule has 8 unspecified atom stereocenters. The Kier molecular flexibility index (Phi) is 2.81. The molecule has 0 amide bonds. The van der Waals surface area contributed by atoms with E-state index in [-0.39, 0.29) is 35.6 Å². The van der Waals surface area contributed by atoms with Crippen LogP contribution < -0.4 is 0 Å². The lowest BCUT2D eigenvalue weighted by atomic mass is 9.44. The lowest BCUT2D eigenvalue weighted by Gasteiger charge is -2.62. The van der Waals surface area contributed by atoms with Crippen molar-refractivity contribution in [1.29, 1.82) is 0 Å². The molecule has 2 aliphatic heterocycles. The van der Waals surface area contributed by atoms with E-state index >= 15 is 0 Å². The van der Waals surface area contributed by atoms with Gasteiger partial charge in [-0.15, -0.1) is 0 Å². The van der Waals surface area contributed by atoms with Gasteiger partial charge in [-0.1, -0.05) is 0 Å². The minimum atomic E-state index is -0.848. The van der Waals surface area contributed by atoms with Gasteiger partial charge in [0.15, 0.2) is 11.1 Å². The summed E-state index contributed by atoms with van der Waals surface area (Å²) in [5.74, 6) is 1.86. The Labute approximate surface area is 153 Å². The van der Waals surface area contributed by atoms with Crippen LogP contribution in [0.15, 0.2) is 10.2 Å². The molecular formula is C20H26N2O4. The maximum Gasteiger partial charge on any atom is 0.336 e. The molecule has 7 aliphatic rings. The molecule has 2 heterocycles. The first-order valence-electron chi connectivity index (χ1n) is 10.2. The number of fused-ring (bicyclic) bond motifs is 4. The van der Waals surface area contributed by atoms with E-state index in [0.717, 1.165) is 38.5 Å². The quantitative estimate of drug-likeness (QED) is 0.711. The summed E-state index contributed by atoms with van der Waals surface area (Å²) in [6, 6.07) is 0. The van der Waals surface area contributed by atoms with Gasteiger partial charge in [0.25, 0.3) is 0 Å². The van der Waals surface area contributed by atoms with Gasteiger partial charge in [-0.3, -0.25) is 0 Å². The van der Waals surface area contributed by atoms with Gasteiger partial charge in [0.2, 0.25) is 0 Å². The Morgan fingerprint density at radius 2 is 1.00 bits per heavy atom. The molecule has 140 valence electrons. The third-order valence-corrected chi connectivity index (χ3v) is 9.27. The van der Waals surface area contributed by atoms with E-state index in [1.54, 1.807) is 0 Å². The second kappa shape index (κ2) is 4.68. The van der Waals surface area contributed by atoms with Gasteiger partial charge in [0.1, 0.15) is 0 Å². The molecule has 0 N–H and O–H groups in total. The molecular weight excluding hydrogens is 332 g/mol. The largest absolute Gasteiger partial charge is 0.467 e. The molecule has 0 saturated heterocycles. The monoisotopic (exact) mass is 358 g/mol. The average molecular weight is 358 g/mol. The van der Waals surface area contributed by atoms with E-state index in [1.165, 1.54) is 14.2 Å². The molecule has 5 saturated carbocycles. The molecule has 7 rings (SSSR count). The molecule has 6 bridgehead atoms. The second-order valence-corrected chi connectivity index (χ2v) is 9.60. The number of ether oxygens (including phenoxy) is 2. The standard InChI is InChI=1S/C20H26N2O4/c1-25-17(23)19-13-9-3-5-11(7-9)15(13)20(22-21-19,18(24)26-2)16-12-6-4-10(8-12)14(16)19/h9-16H,3-8H2,1-2H3. The summed E-state index contributed by atoms with van der Waals surface area (Å²) in [4.78, 5) is 26.5. The predicted octanol–water partition coefficient (Wildman–Crippen LogP) is 2.61. The van der Waals surface area contributed by atoms with Crippen molar-refractivity contribution < 1.29 is 19.1 Å². The van der Waals surface area contributed by atoms with Crippen molar-refractivity contribution >= 4 is 11.9 Å². The lowest BCUT2D eigenvalue weighted by molar-refractivity contribution is -0.193. The minimum Gasteiger partial charge on any atom is -0.467 e. The molecule has 5 aliphatic carbocycles. The predicted molar refractivity (Wildman–Crippen MR) is 90.0 cm³/mol. The van der Waals surface area contributed by atoms with E-state index in [2.05, 4.69) is 0 Å². The number of hydrogen-bond donors (Lipinski definition) is 0. The smallest absolute Gasteiger partial charge is 0.336 e. The van der Waals surface area contributed by atoms with Crippen LogP contribution in [-0.4, -0.2) is 37.2 Å². The van der Waals surface area contributed by atoms with Crippen LogP contribution in [-0.2, 0) is 19.1 Å². The topological polar surface area (TPSA) is 77.3 Å². The fourth-order valence-corrected chi connectivity index (χ4v) is 8.94. The van der Waals surface area contributed by atoms with Crippen LogP contribution in [0.25, 0.3) is 0 Å². The summed E-state index contributed by atoms with van der Waals surface area (Å²) in [6.07, 6.45) is 6.77. The Bertz CT molecular complexity index is 641. The molecule has 0 radical (unpaired) electrons. The van der Waals surface area contributed by atoms with Crippen LogP contribution in [0.2, 0.25) is 0 Å². The summed E-state index contributed by atoms with van der Waals surface area (Å²) in [5.41, 5.74) is -1.70. The van der Waals surface area contributed by atoms with Gasteiger partial charge in [-0.2, -0.15) is 10.2 Å². The molecule has 6 nitrogen and oxygen atoms in total. The molecule has 6 heteroatoms. The summed E-state index contributed by atoms with van der Waals surface area (Å²) < 4.78 is 10.7. The van der Waals surface area contributed by atoms with E-state index in [0.29, 0.717) is 23.7 Å². The van der Waals surface area contributed by atoms with E-state index in [1.807, 2.05) is 0 Å². The van der Waals surface area contributed by atoms with Crippen LogP contribution in [0.1, 0.15) is 38.5 Å². The molecule has 0 aromatic heterocycles. The summed E-state index contributed by atoms with van der Waals surface area (Å²) in [5, 5.41) is 9.43. The van der Waals surface area contributed by atoms with Gasteiger partial charge >= 0.3 is 11.9 Å². The number of rotatable bonds is 2. The van der Waals surface area contributed by atoms with Gasteiger partial charge in [0.05, 0.1) is 14.2 Å². The van der Waals surface area contributed by atoms with Crippen molar-refractivity contribution in [2.24, 2.45) is 57.6 Å². The molecule has 26 heavy (non-hydrogen) atoms.